The first-order chi connectivity index (χ1) is 7.51. The maximum Gasteiger partial charge on any atom is 0.319 e. The van der Waals surface area contributed by atoms with Crippen molar-refractivity contribution in [3.63, 3.8) is 0 Å². The largest absolute Gasteiger partial charge is 0.468 e. The molecule has 0 amide bonds. The molecule has 0 unspecified atom stereocenters. The van der Waals surface area contributed by atoms with E-state index in [9.17, 15) is 4.79 Å². The summed E-state index contributed by atoms with van der Waals surface area (Å²) >= 11 is 5.81. The predicted octanol–water partition coefficient (Wildman–Crippen LogP) is 1.04. The third-order valence-electron chi connectivity index (χ3n) is 1.91. The number of ether oxygens (including phenoxy) is 1. The zero-order valence-corrected chi connectivity index (χ0v) is 10.3. The molecule has 1 aromatic rings. The molecule has 0 fully saturated rings. The van der Waals surface area contributed by atoms with Gasteiger partial charge in [-0.2, -0.15) is 0 Å². The molecule has 16 heavy (non-hydrogen) atoms. The Bertz CT molecular complexity index is 364. The lowest BCUT2D eigenvalue weighted by molar-refractivity contribution is -0.141. The van der Waals surface area contributed by atoms with Gasteiger partial charge in [-0.25, -0.2) is 9.97 Å². The molecular weight excluding hydrogens is 230 g/mol. The van der Waals surface area contributed by atoms with Crippen LogP contribution in [-0.4, -0.2) is 41.5 Å². The molecule has 0 bridgehead atoms. The van der Waals surface area contributed by atoms with Crippen molar-refractivity contribution in [1.29, 1.82) is 0 Å². The van der Waals surface area contributed by atoms with E-state index in [4.69, 9.17) is 11.6 Å². The number of hydrogen-bond donors (Lipinski definition) is 0. The lowest BCUT2D eigenvalue weighted by Gasteiger charge is -2.14. The summed E-state index contributed by atoms with van der Waals surface area (Å²) in [6, 6.07) is 1.69. The second-order valence-electron chi connectivity index (χ2n) is 3.50. The average Bonchev–Trinajstić information content (AvgIpc) is 2.15. The van der Waals surface area contributed by atoms with Gasteiger partial charge in [0, 0.05) is 5.69 Å². The molecule has 0 aliphatic rings. The van der Waals surface area contributed by atoms with E-state index >= 15 is 0 Å². The SMILES string of the molecule is COC(=O)CN(C)Cc1nc(C)cc(Cl)n1. The molecule has 5 nitrogen and oxygen atoms in total. The number of likely N-dealkylation sites (N-methyl/N-ethyl adjacent to an activating group) is 1. The van der Waals surface area contributed by atoms with Gasteiger partial charge in [-0.3, -0.25) is 9.69 Å². The van der Waals surface area contributed by atoms with Gasteiger partial charge in [-0.15, -0.1) is 0 Å². The van der Waals surface area contributed by atoms with Crippen LogP contribution in [0.25, 0.3) is 0 Å². The number of nitrogens with zero attached hydrogens (tertiary/aromatic N) is 3. The maximum atomic E-state index is 11.0. The van der Waals surface area contributed by atoms with Crippen molar-refractivity contribution in [2.75, 3.05) is 20.7 Å². The number of carbonyl (C=O) groups excluding carboxylic acids is 1. The highest BCUT2D eigenvalue weighted by molar-refractivity contribution is 6.29. The molecule has 0 aromatic carbocycles. The number of methoxy groups -OCH3 is 1. The molecule has 0 saturated heterocycles. The minimum atomic E-state index is -0.291. The number of halogens is 1. The summed E-state index contributed by atoms with van der Waals surface area (Å²) < 4.78 is 4.56. The molecular formula is C10H14ClN3O2. The van der Waals surface area contributed by atoms with E-state index < -0.39 is 0 Å². The molecule has 0 atom stereocenters. The Morgan fingerprint density at radius 2 is 2.25 bits per heavy atom. The van der Waals surface area contributed by atoms with Gasteiger partial charge in [0.05, 0.1) is 20.2 Å². The lowest BCUT2D eigenvalue weighted by atomic mass is 10.4. The average molecular weight is 244 g/mol. The van der Waals surface area contributed by atoms with Crippen molar-refractivity contribution in [2.24, 2.45) is 0 Å². The number of aromatic nitrogens is 2. The van der Waals surface area contributed by atoms with E-state index in [1.54, 1.807) is 18.0 Å². The predicted molar refractivity (Wildman–Crippen MR) is 60.1 cm³/mol. The van der Waals surface area contributed by atoms with E-state index in [-0.39, 0.29) is 12.5 Å². The van der Waals surface area contributed by atoms with Gasteiger partial charge < -0.3 is 4.74 Å². The molecule has 0 N–H and O–H groups in total. The summed E-state index contributed by atoms with van der Waals surface area (Å²) in [5.41, 5.74) is 0.807. The van der Waals surface area contributed by atoms with Crippen LogP contribution < -0.4 is 0 Å². The summed E-state index contributed by atoms with van der Waals surface area (Å²) in [6.45, 7) is 2.50. The van der Waals surface area contributed by atoms with Gasteiger partial charge in [0.25, 0.3) is 0 Å². The van der Waals surface area contributed by atoms with Gasteiger partial charge in [0.1, 0.15) is 11.0 Å². The Morgan fingerprint density at radius 3 is 2.81 bits per heavy atom. The summed E-state index contributed by atoms with van der Waals surface area (Å²) in [5.74, 6) is 0.303. The van der Waals surface area contributed by atoms with E-state index in [0.717, 1.165) is 5.69 Å². The van der Waals surface area contributed by atoms with Gasteiger partial charge in [0.15, 0.2) is 0 Å². The molecule has 88 valence electrons. The minimum Gasteiger partial charge on any atom is -0.468 e. The fraction of sp³-hybridized carbons (Fsp3) is 0.500. The maximum absolute atomic E-state index is 11.0. The van der Waals surface area contributed by atoms with Crippen molar-refractivity contribution in [1.82, 2.24) is 14.9 Å². The number of aryl methyl sites for hydroxylation is 1. The minimum absolute atomic E-state index is 0.200. The molecule has 6 heteroatoms. The Balaban J connectivity index is 2.62. The van der Waals surface area contributed by atoms with E-state index in [1.165, 1.54) is 7.11 Å². The molecule has 1 rings (SSSR count). The Morgan fingerprint density at radius 1 is 1.56 bits per heavy atom. The zero-order chi connectivity index (χ0) is 12.1. The third kappa shape index (κ3) is 4.12. The highest BCUT2D eigenvalue weighted by Gasteiger charge is 2.09. The van der Waals surface area contributed by atoms with Crippen molar-refractivity contribution in [2.45, 2.75) is 13.5 Å². The first kappa shape index (κ1) is 12.9. The fourth-order valence-corrected chi connectivity index (χ4v) is 1.50. The molecule has 0 aliphatic heterocycles. The number of rotatable bonds is 4. The van der Waals surface area contributed by atoms with Crippen molar-refractivity contribution in [3.05, 3.63) is 22.7 Å². The molecule has 0 radical (unpaired) electrons. The first-order valence-electron chi connectivity index (χ1n) is 4.76. The van der Waals surface area contributed by atoms with Crippen LogP contribution in [0, 0.1) is 6.92 Å². The van der Waals surface area contributed by atoms with E-state index in [0.29, 0.717) is 17.5 Å². The summed E-state index contributed by atoms with van der Waals surface area (Å²) in [6.07, 6.45) is 0. The molecule has 0 spiro atoms. The van der Waals surface area contributed by atoms with Crippen molar-refractivity contribution >= 4 is 17.6 Å². The molecule has 0 saturated carbocycles. The summed E-state index contributed by atoms with van der Waals surface area (Å²) in [4.78, 5) is 21.1. The van der Waals surface area contributed by atoms with Gasteiger partial charge in [-0.05, 0) is 20.0 Å². The van der Waals surface area contributed by atoms with Crippen LogP contribution in [-0.2, 0) is 16.1 Å². The fourth-order valence-electron chi connectivity index (χ4n) is 1.24. The topological polar surface area (TPSA) is 55.3 Å². The van der Waals surface area contributed by atoms with Gasteiger partial charge in [-0.1, -0.05) is 11.6 Å². The molecule has 0 aliphatic carbocycles. The molecule has 1 aromatic heterocycles. The number of carbonyl (C=O) groups is 1. The first-order valence-corrected chi connectivity index (χ1v) is 5.14. The van der Waals surface area contributed by atoms with Crippen LogP contribution in [0.1, 0.15) is 11.5 Å². The van der Waals surface area contributed by atoms with Crippen LogP contribution in [0.5, 0.6) is 0 Å². The Kier molecular flexibility index (Phi) is 4.64. The second kappa shape index (κ2) is 5.77. The zero-order valence-electron chi connectivity index (χ0n) is 9.53. The molecule has 1 heterocycles. The van der Waals surface area contributed by atoms with Crippen LogP contribution in [0.15, 0.2) is 6.07 Å². The summed E-state index contributed by atoms with van der Waals surface area (Å²) in [5, 5.41) is 0.411. The standard InChI is InChI=1S/C10H14ClN3O2/c1-7-4-8(11)13-9(12-7)5-14(2)6-10(15)16-3/h4H,5-6H2,1-3H3. The van der Waals surface area contributed by atoms with E-state index in [2.05, 4.69) is 14.7 Å². The highest BCUT2D eigenvalue weighted by atomic mass is 35.5. The van der Waals surface area contributed by atoms with Gasteiger partial charge in [0.2, 0.25) is 0 Å². The Hall–Kier alpha value is -1.20. The second-order valence-corrected chi connectivity index (χ2v) is 3.88. The van der Waals surface area contributed by atoms with Gasteiger partial charge >= 0.3 is 5.97 Å². The summed E-state index contributed by atoms with van der Waals surface area (Å²) in [7, 11) is 3.15. The number of hydrogen-bond acceptors (Lipinski definition) is 5. The quantitative estimate of drug-likeness (QED) is 0.584. The monoisotopic (exact) mass is 243 g/mol. The van der Waals surface area contributed by atoms with Crippen LogP contribution in [0.4, 0.5) is 0 Å². The Labute approximate surface area is 99.4 Å². The van der Waals surface area contributed by atoms with Crippen molar-refractivity contribution in [3.8, 4) is 0 Å². The smallest absolute Gasteiger partial charge is 0.319 e. The van der Waals surface area contributed by atoms with Crippen LogP contribution >= 0.6 is 11.6 Å². The van der Waals surface area contributed by atoms with Crippen LogP contribution in [0.3, 0.4) is 0 Å². The van der Waals surface area contributed by atoms with Crippen molar-refractivity contribution < 1.29 is 9.53 Å². The normalized spacial score (nSPS) is 10.6. The van der Waals surface area contributed by atoms with Crippen LogP contribution in [0.2, 0.25) is 5.15 Å². The van der Waals surface area contributed by atoms with E-state index in [1.807, 2.05) is 6.92 Å². The highest BCUT2D eigenvalue weighted by Crippen LogP contribution is 2.07. The number of esters is 1. The lowest BCUT2D eigenvalue weighted by Crippen LogP contribution is -2.27. The third-order valence-corrected chi connectivity index (χ3v) is 2.10.